The second kappa shape index (κ2) is 8.36. The third-order valence-corrected chi connectivity index (χ3v) is 3.79. The summed E-state index contributed by atoms with van der Waals surface area (Å²) in [5.41, 5.74) is 5.64. The lowest BCUT2D eigenvalue weighted by Crippen LogP contribution is -2.46. The third-order valence-electron chi connectivity index (χ3n) is 3.79. The van der Waals surface area contributed by atoms with Crippen molar-refractivity contribution in [1.82, 2.24) is 5.32 Å². The smallest absolute Gasteiger partial charge is 0.368 e. The summed E-state index contributed by atoms with van der Waals surface area (Å²) in [6, 6.07) is 11.8. The minimum absolute atomic E-state index is 0.0686. The van der Waals surface area contributed by atoms with Crippen LogP contribution in [-0.2, 0) is 28.6 Å². The van der Waals surface area contributed by atoms with E-state index in [-0.39, 0.29) is 18.4 Å². The van der Waals surface area contributed by atoms with Gasteiger partial charge in [0, 0.05) is 6.42 Å². The molecule has 0 radical (unpaired) electrons. The summed E-state index contributed by atoms with van der Waals surface area (Å²) in [6.07, 6.45) is -4.76. The van der Waals surface area contributed by atoms with Crippen molar-refractivity contribution in [1.29, 1.82) is 5.26 Å². The second-order valence-corrected chi connectivity index (χ2v) is 5.91. The van der Waals surface area contributed by atoms with Gasteiger partial charge in [-0.15, -0.1) is 0 Å². The van der Waals surface area contributed by atoms with Crippen LogP contribution in [0.2, 0.25) is 0 Å². The van der Waals surface area contributed by atoms with Crippen molar-refractivity contribution < 1.29 is 22.8 Å². The molecule has 0 saturated heterocycles. The van der Waals surface area contributed by atoms with Crippen molar-refractivity contribution in [3.8, 4) is 6.07 Å². The Morgan fingerprint density at radius 3 is 2.41 bits per heavy atom. The molecule has 0 spiro atoms. The zero-order chi connectivity index (χ0) is 20.0. The molecule has 0 aliphatic rings. The quantitative estimate of drug-likeness (QED) is 0.811. The van der Waals surface area contributed by atoms with E-state index < -0.39 is 29.6 Å². The molecule has 2 aromatic carbocycles. The SMILES string of the molecule is N#Cc1cccc(C[C@H](NC(=O)Cc2cccc(C(F)(F)F)c2)C(N)=O)c1. The van der Waals surface area contributed by atoms with Crippen LogP contribution in [0.3, 0.4) is 0 Å². The van der Waals surface area contributed by atoms with E-state index in [4.69, 9.17) is 11.0 Å². The summed E-state index contributed by atoms with van der Waals surface area (Å²) in [5, 5.41) is 11.3. The first-order chi connectivity index (χ1) is 12.7. The van der Waals surface area contributed by atoms with Gasteiger partial charge in [0.2, 0.25) is 11.8 Å². The fourth-order valence-electron chi connectivity index (χ4n) is 2.51. The van der Waals surface area contributed by atoms with Crippen LogP contribution >= 0.6 is 0 Å². The molecule has 0 aliphatic heterocycles. The van der Waals surface area contributed by atoms with Crippen molar-refractivity contribution in [2.24, 2.45) is 5.73 Å². The number of nitrogens with two attached hydrogens (primary N) is 1. The number of carbonyl (C=O) groups is 2. The second-order valence-electron chi connectivity index (χ2n) is 5.91. The molecule has 1 atom stereocenters. The first-order valence-electron chi connectivity index (χ1n) is 7.93. The molecule has 0 unspecified atom stereocenters. The maximum Gasteiger partial charge on any atom is 0.416 e. The van der Waals surface area contributed by atoms with Crippen LogP contribution < -0.4 is 11.1 Å². The maximum atomic E-state index is 12.7. The summed E-state index contributed by atoms with van der Waals surface area (Å²) in [6.45, 7) is 0. The Hall–Kier alpha value is -3.34. The molecule has 27 heavy (non-hydrogen) atoms. The molecular formula is C19H16F3N3O2. The first kappa shape index (κ1) is 20.0. The number of primary amides is 1. The molecule has 0 fully saturated rings. The van der Waals surface area contributed by atoms with Gasteiger partial charge >= 0.3 is 6.18 Å². The van der Waals surface area contributed by atoms with Crippen LogP contribution in [0.25, 0.3) is 0 Å². The molecule has 5 nitrogen and oxygen atoms in total. The lowest BCUT2D eigenvalue weighted by Gasteiger charge is -2.16. The normalized spacial score (nSPS) is 12.1. The molecule has 2 aromatic rings. The molecule has 0 saturated carbocycles. The molecule has 0 aromatic heterocycles. The molecule has 2 rings (SSSR count). The van der Waals surface area contributed by atoms with Crippen LogP contribution in [0.4, 0.5) is 13.2 Å². The van der Waals surface area contributed by atoms with Gasteiger partial charge in [0.15, 0.2) is 0 Å². The number of rotatable bonds is 6. The summed E-state index contributed by atoms with van der Waals surface area (Å²) < 4.78 is 38.2. The zero-order valence-electron chi connectivity index (χ0n) is 14.1. The number of benzene rings is 2. The number of carbonyl (C=O) groups excluding carboxylic acids is 2. The largest absolute Gasteiger partial charge is 0.416 e. The molecule has 2 amide bonds. The average molecular weight is 375 g/mol. The average Bonchev–Trinajstić information content (AvgIpc) is 2.60. The van der Waals surface area contributed by atoms with Crippen molar-refractivity contribution in [3.63, 3.8) is 0 Å². The van der Waals surface area contributed by atoms with E-state index in [1.165, 1.54) is 12.1 Å². The van der Waals surface area contributed by atoms with Crippen LogP contribution in [0.15, 0.2) is 48.5 Å². The predicted molar refractivity (Wildman–Crippen MR) is 91.1 cm³/mol. The number of nitriles is 1. The van der Waals surface area contributed by atoms with Crippen LogP contribution in [-0.4, -0.2) is 17.9 Å². The fourth-order valence-corrected chi connectivity index (χ4v) is 2.51. The van der Waals surface area contributed by atoms with Gasteiger partial charge in [0.05, 0.1) is 23.6 Å². The van der Waals surface area contributed by atoms with E-state index in [2.05, 4.69) is 5.32 Å². The van der Waals surface area contributed by atoms with Crippen LogP contribution in [0.1, 0.15) is 22.3 Å². The first-order valence-corrected chi connectivity index (χ1v) is 7.93. The number of nitrogens with zero attached hydrogens (tertiary/aromatic N) is 1. The number of amides is 2. The van der Waals surface area contributed by atoms with Gasteiger partial charge in [-0.1, -0.05) is 30.3 Å². The molecule has 0 aliphatic carbocycles. The highest BCUT2D eigenvalue weighted by molar-refractivity contribution is 5.87. The number of alkyl halides is 3. The summed E-state index contributed by atoms with van der Waals surface area (Å²) in [4.78, 5) is 23.8. The molecule has 8 heteroatoms. The Balaban J connectivity index is 2.07. The van der Waals surface area contributed by atoms with Crippen LogP contribution in [0, 0.1) is 11.3 Å². The van der Waals surface area contributed by atoms with Gasteiger partial charge in [-0.25, -0.2) is 0 Å². The minimum atomic E-state index is -4.51. The van der Waals surface area contributed by atoms with Gasteiger partial charge in [0.1, 0.15) is 6.04 Å². The molecule has 0 heterocycles. The van der Waals surface area contributed by atoms with Crippen molar-refractivity contribution >= 4 is 11.8 Å². The topological polar surface area (TPSA) is 96.0 Å². The molecule has 3 N–H and O–H groups in total. The van der Waals surface area contributed by atoms with Gasteiger partial charge in [-0.3, -0.25) is 9.59 Å². The Kier molecular flexibility index (Phi) is 6.19. The van der Waals surface area contributed by atoms with Gasteiger partial charge in [0.25, 0.3) is 0 Å². The summed E-state index contributed by atoms with van der Waals surface area (Å²) >= 11 is 0. The van der Waals surface area contributed by atoms with Gasteiger partial charge in [-0.2, -0.15) is 18.4 Å². The summed E-state index contributed by atoms with van der Waals surface area (Å²) in [5.74, 6) is -1.41. The molecule has 140 valence electrons. The van der Waals surface area contributed by atoms with Crippen molar-refractivity contribution in [2.75, 3.05) is 0 Å². The number of hydrogen-bond donors (Lipinski definition) is 2. The summed E-state index contributed by atoms with van der Waals surface area (Å²) in [7, 11) is 0. The van der Waals surface area contributed by atoms with Crippen molar-refractivity contribution in [3.05, 3.63) is 70.8 Å². The monoisotopic (exact) mass is 375 g/mol. The van der Waals surface area contributed by atoms with E-state index >= 15 is 0 Å². The molecular weight excluding hydrogens is 359 g/mol. The van der Waals surface area contributed by atoms with Crippen molar-refractivity contribution in [2.45, 2.75) is 25.1 Å². The molecule has 0 bridgehead atoms. The number of halogens is 3. The standard InChI is InChI=1S/C19H16F3N3O2/c20-19(21,22)15-6-2-4-13(8-15)10-17(26)25-16(18(24)27)9-12-3-1-5-14(7-12)11-23/h1-8,16H,9-10H2,(H2,24,27)(H,25,26)/t16-/m0/s1. The Morgan fingerprint density at radius 1 is 1.11 bits per heavy atom. The Labute approximate surface area is 153 Å². The van der Waals surface area contributed by atoms with E-state index in [1.54, 1.807) is 24.3 Å². The Morgan fingerprint density at radius 2 is 1.78 bits per heavy atom. The Bertz CT molecular complexity index is 888. The van der Waals surface area contributed by atoms with E-state index in [1.807, 2.05) is 6.07 Å². The predicted octanol–water partition coefficient (Wildman–Crippen LogP) is 2.33. The van der Waals surface area contributed by atoms with Gasteiger partial charge in [-0.05, 0) is 29.3 Å². The van der Waals surface area contributed by atoms with Crippen LogP contribution in [0.5, 0.6) is 0 Å². The highest BCUT2D eigenvalue weighted by atomic mass is 19.4. The lowest BCUT2D eigenvalue weighted by atomic mass is 10.0. The maximum absolute atomic E-state index is 12.7. The van der Waals surface area contributed by atoms with E-state index in [9.17, 15) is 22.8 Å². The highest BCUT2D eigenvalue weighted by Crippen LogP contribution is 2.29. The third kappa shape index (κ3) is 5.85. The van der Waals surface area contributed by atoms with E-state index in [0.29, 0.717) is 11.1 Å². The lowest BCUT2D eigenvalue weighted by molar-refractivity contribution is -0.137. The highest BCUT2D eigenvalue weighted by Gasteiger charge is 2.30. The fraction of sp³-hybridized carbons (Fsp3) is 0.211. The number of hydrogen-bond acceptors (Lipinski definition) is 3. The zero-order valence-corrected chi connectivity index (χ0v) is 14.1. The minimum Gasteiger partial charge on any atom is -0.368 e. The van der Waals surface area contributed by atoms with E-state index in [0.717, 1.165) is 12.1 Å². The number of nitrogens with one attached hydrogen (secondary N) is 1. The van der Waals surface area contributed by atoms with Gasteiger partial charge < -0.3 is 11.1 Å².